The van der Waals surface area contributed by atoms with Gasteiger partial charge in [-0.15, -0.1) is 0 Å². The lowest BCUT2D eigenvalue weighted by Gasteiger charge is -2.21. The topological polar surface area (TPSA) is 41.1 Å². The normalized spacial score (nSPS) is 14.8. The maximum Gasteiger partial charge on any atom is 0.244 e. The summed E-state index contributed by atoms with van der Waals surface area (Å²) in [4.78, 5) is 12.1. The summed E-state index contributed by atoms with van der Waals surface area (Å²) in [5.41, 5.74) is 4.74. The number of anilines is 1. The van der Waals surface area contributed by atoms with Crippen molar-refractivity contribution < 1.29 is 4.79 Å². The van der Waals surface area contributed by atoms with Gasteiger partial charge in [0.1, 0.15) is 0 Å². The number of amides is 1. The van der Waals surface area contributed by atoms with E-state index in [4.69, 9.17) is 0 Å². The van der Waals surface area contributed by atoms with Crippen molar-refractivity contribution in [3.05, 3.63) is 71.3 Å². The highest BCUT2D eigenvalue weighted by Gasteiger charge is 2.12. The van der Waals surface area contributed by atoms with Crippen molar-refractivity contribution in [1.82, 2.24) is 5.32 Å². The van der Waals surface area contributed by atoms with Gasteiger partial charge < -0.3 is 10.6 Å². The van der Waals surface area contributed by atoms with Crippen molar-refractivity contribution in [2.45, 2.75) is 25.8 Å². The zero-order valence-electron chi connectivity index (χ0n) is 13.4. The fraction of sp³-hybridized carbons (Fsp3) is 0.250. The first-order chi connectivity index (χ1) is 11.2. The summed E-state index contributed by atoms with van der Waals surface area (Å²) in [6.07, 6.45) is 5.69. The Balaban J connectivity index is 1.63. The van der Waals surface area contributed by atoms with Crippen LogP contribution in [0.5, 0.6) is 0 Å². The van der Waals surface area contributed by atoms with Gasteiger partial charge in [0, 0.05) is 18.3 Å². The summed E-state index contributed by atoms with van der Waals surface area (Å²) >= 11 is 0. The third kappa shape index (κ3) is 4.01. The lowest BCUT2D eigenvalue weighted by Crippen LogP contribution is -2.25. The zero-order valence-corrected chi connectivity index (χ0v) is 13.4. The van der Waals surface area contributed by atoms with Crippen LogP contribution < -0.4 is 10.6 Å². The van der Waals surface area contributed by atoms with Crippen molar-refractivity contribution in [3.63, 3.8) is 0 Å². The van der Waals surface area contributed by atoms with Gasteiger partial charge in [-0.1, -0.05) is 42.5 Å². The van der Waals surface area contributed by atoms with Crippen LogP contribution in [-0.4, -0.2) is 12.5 Å². The van der Waals surface area contributed by atoms with Gasteiger partial charge in [0.05, 0.1) is 6.04 Å². The van der Waals surface area contributed by atoms with E-state index in [0.717, 1.165) is 30.5 Å². The molecule has 3 heteroatoms. The predicted octanol–water partition coefficient (Wildman–Crippen LogP) is 3.94. The molecule has 3 nitrogen and oxygen atoms in total. The first-order valence-corrected chi connectivity index (χ1v) is 8.13. The predicted molar refractivity (Wildman–Crippen MR) is 95.3 cm³/mol. The first-order valence-electron chi connectivity index (χ1n) is 8.13. The molecule has 0 radical (unpaired) electrons. The molecule has 2 N–H and O–H groups in total. The van der Waals surface area contributed by atoms with Crippen LogP contribution in [0.25, 0.3) is 6.08 Å². The minimum absolute atomic E-state index is 0.00449. The molecule has 3 rings (SSSR count). The van der Waals surface area contributed by atoms with Crippen LogP contribution >= 0.6 is 0 Å². The van der Waals surface area contributed by atoms with Crippen LogP contribution in [0.2, 0.25) is 0 Å². The molecule has 0 saturated heterocycles. The number of hydrogen-bond donors (Lipinski definition) is 2. The van der Waals surface area contributed by atoms with E-state index in [1.807, 2.05) is 43.3 Å². The van der Waals surface area contributed by atoms with E-state index < -0.39 is 0 Å². The molecule has 2 aromatic carbocycles. The molecular weight excluding hydrogens is 284 g/mol. The number of nitrogens with one attached hydrogen (secondary N) is 2. The number of carbonyl (C=O) groups is 1. The molecule has 1 aliphatic heterocycles. The lowest BCUT2D eigenvalue weighted by molar-refractivity contribution is -0.117. The standard InChI is InChI=1S/C20H22N2O/c1-15(17-10-11-19-18(14-17)8-5-13-21-19)22-20(23)12-9-16-6-3-2-4-7-16/h2-4,6-7,9-12,14-15,21H,5,8,13H2,1H3,(H,22,23)/b12-9+. The Bertz CT molecular complexity index is 707. The van der Waals surface area contributed by atoms with Gasteiger partial charge >= 0.3 is 0 Å². The molecule has 0 aromatic heterocycles. The van der Waals surface area contributed by atoms with Crippen molar-refractivity contribution >= 4 is 17.7 Å². The Hall–Kier alpha value is -2.55. The average Bonchev–Trinajstić information content (AvgIpc) is 2.60. The van der Waals surface area contributed by atoms with E-state index in [9.17, 15) is 4.79 Å². The Morgan fingerprint density at radius 1 is 1.22 bits per heavy atom. The van der Waals surface area contributed by atoms with Gasteiger partial charge in [-0.2, -0.15) is 0 Å². The maximum absolute atomic E-state index is 12.1. The van der Waals surface area contributed by atoms with Crippen LogP contribution in [0.1, 0.15) is 36.1 Å². The van der Waals surface area contributed by atoms with Gasteiger partial charge in [0.2, 0.25) is 5.91 Å². The third-order valence-corrected chi connectivity index (χ3v) is 4.15. The minimum Gasteiger partial charge on any atom is -0.385 e. The van der Waals surface area contributed by atoms with Gasteiger partial charge in [0.25, 0.3) is 0 Å². The lowest BCUT2D eigenvalue weighted by atomic mass is 9.98. The SMILES string of the molecule is CC(NC(=O)/C=C/c1ccccc1)c1ccc2c(c1)CCCN2. The van der Waals surface area contributed by atoms with Gasteiger partial charge in [-0.3, -0.25) is 4.79 Å². The number of carbonyl (C=O) groups excluding carboxylic acids is 1. The molecule has 0 spiro atoms. The molecule has 118 valence electrons. The highest BCUT2D eigenvalue weighted by molar-refractivity contribution is 5.91. The summed E-state index contributed by atoms with van der Waals surface area (Å²) in [5, 5.41) is 6.44. The molecule has 1 amide bonds. The summed E-state index contributed by atoms with van der Waals surface area (Å²) in [5.74, 6) is -0.0720. The Morgan fingerprint density at radius 3 is 2.87 bits per heavy atom. The fourth-order valence-corrected chi connectivity index (χ4v) is 2.85. The van der Waals surface area contributed by atoms with Crippen LogP contribution in [-0.2, 0) is 11.2 Å². The second-order valence-corrected chi connectivity index (χ2v) is 5.92. The monoisotopic (exact) mass is 306 g/mol. The van der Waals surface area contributed by atoms with E-state index in [1.54, 1.807) is 6.08 Å². The van der Waals surface area contributed by atoms with Crippen LogP contribution in [0.3, 0.4) is 0 Å². The van der Waals surface area contributed by atoms with Crippen molar-refractivity contribution in [2.75, 3.05) is 11.9 Å². The number of fused-ring (bicyclic) bond motifs is 1. The number of rotatable bonds is 4. The van der Waals surface area contributed by atoms with E-state index in [-0.39, 0.29) is 11.9 Å². The fourth-order valence-electron chi connectivity index (χ4n) is 2.85. The number of hydrogen-bond acceptors (Lipinski definition) is 2. The van der Waals surface area contributed by atoms with Crippen molar-refractivity contribution in [1.29, 1.82) is 0 Å². The second kappa shape index (κ2) is 7.14. The summed E-state index contributed by atoms with van der Waals surface area (Å²) in [7, 11) is 0. The molecule has 0 aliphatic carbocycles. The van der Waals surface area contributed by atoms with Gasteiger partial charge in [-0.25, -0.2) is 0 Å². The second-order valence-electron chi connectivity index (χ2n) is 5.92. The Labute approximate surface area is 137 Å². The van der Waals surface area contributed by atoms with Crippen LogP contribution in [0, 0.1) is 0 Å². The number of benzene rings is 2. The largest absolute Gasteiger partial charge is 0.385 e. The molecule has 1 aliphatic rings. The minimum atomic E-state index is -0.0720. The molecule has 2 aromatic rings. The smallest absolute Gasteiger partial charge is 0.244 e. The zero-order chi connectivity index (χ0) is 16.1. The molecule has 0 fully saturated rings. The Morgan fingerprint density at radius 2 is 2.04 bits per heavy atom. The van der Waals surface area contributed by atoms with Gasteiger partial charge in [0.15, 0.2) is 0 Å². The van der Waals surface area contributed by atoms with Crippen LogP contribution in [0.15, 0.2) is 54.6 Å². The van der Waals surface area contributed by atoms with E-state index in [1.165, 1.54) is 11.3 Å². The van der Waals surface area contributed by atoms with E-state index in [2.05, 4.69) is 28.8 Å². The molecule has 1 heterocycles. The molecule has 0 saturated carbocycles. The molecule has 23 heavy (non-hydrogen) atoms. The van der Waals surface area contributed by atoms with E-state index in [0.29, 0.717) is 0 Å². The molecule has 0 bridgehead atoms. The molecule has 1 unspecified atom stereocenters. The summed E-state index contributed by atoms with van der Waals surface area (Å²) in [6, 6.07) is 16.2. The van der Waals surface area contributed by atoms with E-state index >= 15 is 0 Å². The maximum atomic E-state index is 12.1. The third-order valence-electron chi connectivity index (χ3n) is 4.15. The van der Waals surface area contributed by atoms with Gasteiger partial charge in [-0.05, 0) is 48.6 Å². The molecular formula is C20H22N2O. The summed E-state index contributed by atoms with van der Waals surface area (Å²) in [6.45, 7) is 3.06. The summed E-state index contributed by atoms with van der Waals surface area (Å²) < 4.78 is 0. The molecule has 1 atom stereocenters. The van der Waals surface area contributed by atoms with Crippen molar-refractivity contribution in [3.8, 4) is 0 Å². The number of aryl methyl sites for hydroxylation is 1. The Kier molecular flexibility index (Phi) is 4.77. The first kappa shape index (κ1) is 15.3. The quantitative estimate of drug-likeness (QED) is 0.840. The highest BCUT2D eigenvalue weighted by atomic mass is 16.1. The highest BCUT2D eigenvalue weighted by Crippen LogP contribution is 2.25. The van der Waals surface area contributed by atoms with Crippen LogP contribution in [0.4, 0.5) is 5.69 Å². The van der Waals surface area contributed by atoms with Crippen molar-refractivity contribution in [2.24, 2.45) is 0 Å². The average molecular weight is 306 g/mol.